The SMILES string of the molecule is c1ccc(-c2ccccc2-c2ccc(N(c3cccc(-c4cccc5c4c4c6ccccc6ccc4n5-c4ccccc4)c3)c3cc4ccccc4c4ccccc34)cc2)cc1. The van der Waals surface area contributed by atoms with Crippen LogP contribution in [0.3, 0.4) is 0 Å². The Hall–Kier alpha value is -8.20. The minimum Gasteiger partial charge on any atom is -0.310 e. The molecule has 0 fully saturated rings. The van der Waals surface area contributed by atoms with E-state index in [4.69, 9.17) is 0 Å². The summed E-state index contributed by atoms with van der Waals surface area (Å²) in [6, 6.07) is 88.5. The Morgan fingerprint density at radius 1 is 0.290 bits per heavy atom. The van der Waals surface area contributed by atoms with Crippen molar-refractivity contribution in [2.45, 2.75) is 0 Å². The first-order valence-corrected chi connectivity index (χ1v) is 21.3. The Kier molecular flexibility index (Phi) is 8.53. The summed E-state index contributed by atoms with van der Waals surface area (Å²) in [5.74, 6) is 0. The van der Waals surface area contributed by atoms with E-state index < -0.39 is 0 Å². The maximum absolute atomic E-state index is 2.45. The summed E-state index contributed by atoms with van der Waals surface area (Å²) in [6.45, 7) is 0. The molecule has 2 nitrogen and oxygen atoms in total. The molecule has 0 atom stereocenters. The summed E-state index contributed by atoms with van der Waals surface area (Å²) in [5, 5.41) is 9.92. The van der Waals surface area contributed by atoms with Gasteiger partial charge in [-0.3, -0.25) is 0 Å². The number of rotatable bonds is 7. The summed E-state index contributed by atoms with van der Waals surface area (Å²) in [6.07, 6.45) is 0. The highest BCUT2D eigenvalue weighted by Crippen LogP contribution is 2.46. The van der Waals surface area contributed by atoms with Gasteiger partial charge in [-0.05, 0) is 115 Å². The molecular formula is C60H40N2. The molecular weight excluding hydrogens is 749 g/mol. The maximum Gasteiger partial charge on any atom is 0.0547 e. The van der Waals surface area contributed by atoms with E-state index in [9.17, 15) is 0 Å². The Balaban J connectivity index is 1.09. The molecule has 1 aromatic heterocycles. The molecule has 0 bridgehead atoms. The van der Waals surface area contributed by atoms with E-state index >= 15 is 0 Å². The highest BCUT2D eigenvalue weighted by atomic mass is 15.1. The largest absolute Gasteiger partial charge is 0.310 e. The first-order valence-electron chi connectivity index (χ1n) is 21.3. The summed E-state index contributed by atoms with van der Waals surface area (Å²) < 4.78 is 2.43. The zero-order valence-corrected chi connectivity index (χ0v) is 34.0. The number of fused-ring (bicyclic) bond motifs is 8. The number of hydrogen-bond donors (Lipinski definition) is 0. The van der Waals surface area contributed by atoms with Crippen molar-refractivity contribution in [2.24, 2.45) is 0 Å². The molecule has 12 rings (SSSR count). The van der Waals surface area contributed by atoms with E-state index in [1.165, 1.54) is 81.9 Å². The van der Waals surface area contributed by atoms with Crippen LogP contribution in [0.4, 0.5) is 17.1 Å². The first kappa shape index (κ1) is 35.7. The summed E-state index contributed by atoms with van der Waals surface area (Å²) in [7, 11) is 0. The maximum atomic E-state index is 2.45. The molecule has 2 heteroatoms. The summed E-state index contributed by atoms with van der Waals surface area (Å²) in [5.41, 5.74) is 14.1. The van der Waals surface area contributed by atoms with Gasteiger partial charge in [-0.2, -0.15) is 0 Å². The van der Waals surface area contributed by atoms with Crippen LogP contribution in [0.25, 0.3) is 93.2 Å². The average Bonchev–Trinajstić information content (AvgIpc) is 3.70. The molecule has 62 heavy (non-hydrogen) atoms. The molecule has 0 amide bonds. The summed E-state index contributed by atoms with van der Waals surface area (Å²) in [4.78, 5) is 2.45. The lowest BCUT2D eigenvalue weighted by Crippen LogP contribution is -2.11. The molecule has 11 aromatic carbocycles. The molecule has 290 valence electrons. The number of anilines is 3. The van der Waals surface area contributed by atoms with Crippen LogP contribution in [0.2, 0.25) is 0 Å². The topological polar surface area (TPSA) is 8.17 Å². The standard InChI is InChI=1S/C60H40N2/c1-3-17-41(18-4-1)49-25-11-12-26-50(49)43-33-36-47(37-34-43)61(58-40-45-20-8-9-27-51(45)54-29-13-14-30-55(54)58)48-24-15-21-44(39-48)53-31-16-32-56-60(53)59-52-28-10-7-19-42(52)35-38-57(59)62(56)46-22-5-2-6-23-46/h1-40H. The fourth-order valence-electron chi connectivity index (χ4n) is 9.78. The normalized spacial score (nSPS) is 11.5. The zero-order chi connectivity index (χ0) is 41.0. The van der Waals surface area contributed by atoms with Crippen LogP contribution in [0.1, 0.15) is 0 Å². The van der Waals surface area contributed by atoms with Crippen LogP contribution >= 0.6 is 0 Å². The third-order valence-electron chi connectivity index (χ3n) is 12.5. The Morgan fingerprint density at radius 3 is 1.63 bits per heavy atom. The molecule has 0 saturated heterocycles. The summed E-state index contributed by atoms with van der Waals surface area (Å²) >= 11 is 0. The zero-order valence-electron chi connectivity index (χ0n) is 34.0. The molecule has 0 aliphatic carbocycles. The second-order valence-electron chi connectivity index (χ2n) is 16.1. The fraction of sp³-hybridized carbons (Fsp3) is 0. The van der Waals surface area contributed by atoms with Gasteiger partial charge in [-0.1, -0.05) is 188 Å². The molecule has 0 saturated carbocycles. The predicted octanol–water partition coefficient (Wildman–Crippen LogP) is 16.7. The molecule has 0 aliphatic heterocycles. The molecule has 12 aromatic rings. The Labute approximate surface area is 360 Å². The van der Waals surface area contributed by atoms with Crippen LogP contribution in [-0.2, 0) is 0 Å². The number of benzene rings is 11. The van der Waals surface area contributed by atoms with Crippen LogP contribution in [0, 0.1) is 0 Å². The van der Waals surface area contributed by atoms with Gasteiger partial charge in [-0.25, -0.2) is 0 Å². The minimum atomic E-state index is 1.09. The van der Waals surface area contributed by atoms with E-state index in [-0.39, 0.29) is 0 Å². The van der Waals surface area contributed by atoms with Crippen molar-refractivity contribution in [1.29, 1.82) is 0 Å². The fourth-order valence-corrected chi connectivity index (χ4v) is 9.78. The second kappa shape index (κ2) is 14.8. The van der Waals surface area contributed by atoms with E-state index in [0.717, 1.165) is 28.3 Å². The van der Waals surface area contributed by atoms with E-state index in [2.05, 4.69) is 252 Å². The highest BCUT2D eigenvalue weighted by molar-refractivity contribution is 6.25. The average molecular weight is 789 g/mol. The minimum absolute atomic E-state index is 1.09. The lowest BCUT2D eigenvalue weighted by atomic mass is 9.94. The van der Waals surface area contributed by atoms with Gasteiger partial charge < -0.3 is 9.47 Å². The van der Waals surface area contributed by atoms with Gasteiger partial charge in [0.2, 0.25) is 0 Å². The quantitative estimate of drug-likeness (QED) is 0.146. The second-order valence-corrected chi connectivity index (χ2v) is 16.1. The number of para-hydroxylation sites is 1. The Bertz CT molecular complexity index is 3620. The number of aromatic nitrogens is 1. The molecule has 0 unspecified atom stereocenters. The van der Waals surface area contributed by atoms with Crippen LogP contribution in [0.5, 0.6) is 0 Å². The van der Waals surface area contributed by atoms with Gasteiger partial charge in [0.25, 0.3) is 0 Å². The van der Waals surface area contributed by atoms with Gasteiger partial charge in [0, 0.05) is 33.2 Å². The number of nitrogens with zero attached hydrogens (tertiary/aromatic N) is 2. The van der Waals surface area contributed by atoms with Crippen molar-refractivity contribution in [3.8, 4) is 39.1 Å². The van der Waals surface area contributed by atoms with Crippen molar-refractivity contribution in [3.63, 3.8) is 0 Å². The molecule has 0 aliphatic rings. The van der Waals surface area contributed by atoms with Gasteiger partial charge in [-0.15, -0.1) is 0 Å². The van der Waals surface area contributed by atoms with Crippen molar-refractivity contribution < 1.29 is 0 Å². The van der Waals surface area contributed by atoms with Gasteiger partial charge in [0.15, 0.2) is 0 Å². The molecule has 0 radical (unpaired) electrons. The van der Waals surface area contributed by atoms with Crippen molar-refractivity contribution >= 4 is 71.2 Å². The van der Waals surface area contributed by atoms with E-state index in [0.29, 0.717) is 0 Å². The van der Waals surface area contributed by atoms with E-state index in [1.807, 2.05) is 0 Å². The third-order valence-corrected chi connectivity index (χ3v) is 12.5. The lowest BCUT2D eigenvalue weighted by molar-refractivity contribution is 1.18. The lowest BCUT2D eigenvalue weighted by Gasteiger charge is -2.28. The molecule has 0 spiro atoms. The van der Waals surface area contributed by atoms with Crippen LogP contribution in [-0.4, -0.2) is 4.57 Å². The van der Waals surface area contributed by atoms with Gasteiger partial charge in [0.1, 0.15) is 0 Å². The van der Waals surface area contributed by atoms with Crippen molar-refractivity contribution in [3.05, 3.63) is 243 Å². The van der Waals surface area contributed by atoms with Crippen molar-refractivity contribution in [1.82, 2.24) is 4.57 Å². The third kappa shape index (κ3) is 5.88. The monoisotopic (exact) mass is 788 g/mol. The van der Waals surface area contributed by atoms with Crippen molar-refractivity contribution in [2.75, 3.05) is 4.90 Å². The van der Waals surface area contributed by atoms with Crippen LogP contribution in [0.15, 0.2) is 243 Å². The van der Waals surface area contributed by atoms with Gasteiger partial charge in [0.05, 0.1) is 16.7 Å². The number of hydrogen-bond acceptors (Lipinski definition) is 1. The first-order chi connectivity index (χ1) is 30.8. The van der Waals surface area contributed by atoms with Crippen LogP contribution < -0.4 is 4.90 Å². The Morgan fingerprint density at radius 2 is 0.855 bits per heavy atom. The smallest absolute Gasteiger partial charge is 0.0547 e. The van der Waals surface area contributed by atoms with E-state index in [1.54, 1.807) is 0 Å². The molecule has 0 N–H and O–H groups in total. The predicted molar refractivity (Wildman–Crippen MR) is 264 cm³/mol. The van der Waals surface area contributed by atoms with Gasteiger partial charge >= 0.3 is 0 Å². The molecule has 1 heterocycles. The highest BCUT2D eigenvalue weighted by Gasteiger charge is 2.21.